The number of anilines is 1. The SMILES string of the molecule is COc1cc(N)c(Cl)cc1C(=O)NC1CCN(CCCCNCc2nccnc2C#N)CC1OC. The Labute approximate surface area is 210 Å². The maximum atomic E-state index is 12.9. The highest BCUT2D eigenvalue weighted by atomic mass is 35.5. The number of nitrogens with one attached hydrogen (secondary N) is 2. The lowest BCUT2D eigenvalue weighted by molar-refractivity contribution is 0.00601. The molecule has 11 heteroatoms. The smallest absolute Gasteiger partial charge is 0.255 e. The van der Waals surface area contributed by atoms with E-state index < -0.39 is 0 Å². The Balaban J connectivity index is 1.42. The normalized spacial score (nSPS) is 18.1. The molecule has 1 aliphatic heterocycles. The second-order valence-electron chi connectivity index (χ2n) is 8.36. The van der Waals surface area contributed by atoms with Crippen LogP contribution >= 0.6 is 11.6 Å². The molecule has 35 heavy (non-hydrogen) atoms. The Hall–Kier alpha value is -2.97. The van der Waals surface area contributed by atoms with Gasteiger partial charge in [-0.1, -0.05) is 11.6 Å². The van der Waals surface area contributed by atoms with Crippen molar-refractivity contribution in [2.24, 2.45) is 0 Å². The Bertz CT molecular complexity index is 1050. The van der Waals surface area contributed by atoms with Crippen LogP contribution in [0.5, 0.6) is 5.75 Å². The van der Waals surface area contributed by atoms with E-state index in [2.05, 4.69) is 31.6 Å². The van der Waals surface area contributed by atoms with Gasteiger partial charge >= 0.3 is 0 Å². The van der Waals surface area contributed by atoms with Crippen molar-refractivity contribution in [3.63, 3.8) is 0 Å². The molecule has 2 aromatic rings. The molecule has 2 unspecified atom stereocenters. The number of halogens is 1. The summed E-state index contributed by atoms with van der Waals surface area (Å²) < 4.78 is 11.0. The molecular formula is C24H32ClN7O3. The number of nitriles is 1. The van der Waals surface area contributed by atoms with Gasteiger partial charge in [0.1, 0.15) is 11.8 Å². The third-order valence-corrected chi connectivity index (χ3v) is 6.40. The number of unbranched alkanes of at least 4 members (excludes halogenated alkanes) is 1. The molecule has 188 valence electrons. The Morgan fingerprint density at radius 1 is 1.31 bits per heavy atom. The van der Waals surface area contributed by atoms with Gasteiger partial charge in [-0.25, -0.2) is 4.98 Å². The van der Waals surface area contributed by atoms with Crippen molar-refractivity contribution >= 4 is 23.2 Å². The molecule has 4 N–H and O–H groups in total. The lowest BCUT2D eigenvalue weighted by Crippen LogP contribution is -2.54. The van der Waals surface area contributed by atoms with E-state index in [1.807, 2.05) is 0 Å². The van der Waals surface area contributed by atoms with Crippen molar-refractivity contribution < 1.29 is 14.3 Å². The first kappa shape index (κ1) is 26.6. The predicted octanol–water partition coefficient (Wildman–Crippen LogP) is 1.98. The van der Waals surface area contributed by atoms with E-state index in [4.69, 9.17) is 32.1 Å². The highest BCUT2D eigenvalue weighted by molar-refractivity contribution is 6.33. The van der Waals surface area contributed by atoms with Gasteiger partial charge in [-0.3, -0.25) is 9.78 Å². The number of methoxy groups -OCH3 is 2. The van der Waals surface area contributed by atoms with Crippen molar-refractivity contribution in [3.8, 4) is 11.8 Å². The molecule has 1 aromatic carbocycles. The lowest BCUT2D eigenvalue weighted by Gasteiger charge is -2.38. The number of hydrogen-bond acceptors (Lipinski definition) is 9. The molecule has 0 saturated carbocycles. The standard InChI is InChI=1S/C24H32ClN7O3/c1-34-22-12-18(27)17(25)11-16(22)24(33)31-19-5-10-32(15-23(19)35-2)9-4-3-6-28-14-21-20(13-26)29-7-8-30-21/h7-8,11-12,19,23,28H,3-6,9-10,14-15,27H2,1-2H3,(H,31,33). The molecule has 10 nitrogen and oxygen atoms in total. The number of nitrogens with two attached hydrogens (primary N) is 1. The van der Waals surface area contributed by atoms with Crippen LogP contribution in [0.15, 0.2) is 24.5 Å². The second kappa shape index (κ2) is 13.2. The molecule has 1 fully saturated rings. The summed E-state index contributed by atoms with van der Waals surface area (Å²) in [7, 11) is 3.16. The highest BCUT2D eigenvalue weighted by Gasteiger charge is 2.31. The van der Waals surface area contributed by atoms with Crippen LogP contribution in [0.1, 0.15) is 41.0 Å². The number of amides is 1. The first-order chi connectivity index (χ1) is 17.0. The van der Waals surface area contributed by atoms with Crippen molar-refractivity contribution in [2.75, 3.05) is 46.1 Å². The Kier molecular flexibility index (Phi) is 10.0. The topological polar surface area (TPSA) is 138 Å². The van der Waals surface area contributed by atoms with Crippen LogP contribution < -0.4 is 21.1 Å². The summed E-state index contributed by atoms with van der Waals surface area (Å²) in [6.45, 7) is 3.89. The van der Waals surface area contributed by atoms with Gasteiger partial charge < -0.3 is 30.7 Å². The zero-order chi connectivity index (χ0) is 25.2. The summed E-state index contributed by atoms with van der Waals surface area (Å²) in [4.78, 5) is 23.5. The quantitative estimate of drug-likeness (QED) is 0.311. The van der Waals surface area contributed by atoms with Gasteiger partial charge in [0.05, 0.1) is 41.2 Å². The minimum atomic E-state index is -0.266. The maximum Gasteiger partial charge on any atom is 0.255 e. The molecular weight excluding hydrogens is 470 g/mol. The zero-order valence-corrected chi connectivity index (χ0v) is 20.8. The first-order valence-electron chi connectivity index (χ1n) is 11.6. The van der Waals surface area contributed by atoms with E-state index in [9.17, 15) is 4.79 Å². The monoisotopic (exact) mass is 501 g/mol. The van der Waals surface area contributed by atoms with Crippen LogP contribution in [0, 0.1) is 11.3 Å². The van der Waals surface area contributed by atoms with Gasteiger partial charge in [-0.2, -0.15) is 5.26 Å². The van der Waals surface area contributed by atoms with Gasteiger partial charge in [0, 0.05) is 45.2 Å². The number of carbonyl (C=O) groups is 1. The average molecular weight is 502 g/mol. The molecule has 1 saturated heterocycles. The summed E-state index contributed by atoms with van der Waals surface area (Å²) in [6.07, 6.45) is 5.78. The van der Waals surface area contributed by atoms with Gasteiger partial charge in [-0.05, 0) is 38.4 Å². The minimum Gasteiger partial charge on any atom is -0.496 e. The number of hydrogen-bond donors (Lipinski definition) is 3. The molecule has 0 aliphatic carbocycles. The largest absolute Gasteiger partial charge is 0.496 e. The number of aromatic nitrogens is 2. The molecule has 2 atom stereocenters. The van der Waals surface area contributed by atoms with Crippen LogP contribution in [0.3, 0.4) is 0 Å². The molecule has 0 bridgehead atoms. The third kappa shape index (κ3) is 7.26. The summed E-state index contributed by atoms with van der Waals surface area (Å²) >= 11 is 6.11. The number of ether oxygens (including phenoxy) is 2. The van der Waals surface area contributed by atoms with Crippen molar-refractivity contribution in [3.05, 3.63) is 46.5 Å². The Morgan fingerprint density at radius 3 is 2.86 bits per heavy atom. The van der Waals surface area contributed by atoms with E-state index >= 15 is 0 Å². The molecule has 2 heterocycles. The van der Waals surface area contributed by atoms with E-state index in [0.717, 1.165) is 45.4 Å². The second-order valence-corrected chi connectivity index (χ2v) is 8.77. The number of piperidine rings is 1. The fourth-order valence-electron chi connectivity index (χ4n) is 4.13. The number of likely N-dealkylation sites (tertiary alicyclic amines) is 1. The van der Waals surface area contributed by atoms with Crippen LogP contribution in [0.2, 0.25) is 5.02 Å². The van der Waals surface area contributed by atoms with E-state index in [1.165, 1.54) is 19.4 Å². The third-order valence-electron chi connectivity index (χ3n) is 6.08. The lowest BCUT2D eigenvalue weighted by atomic mass is 10.0. The van der Waals surface area contributed by atoms with Crippen molar-refractivity contribution in [1.82, 2.24) is 25.5 Å². The van der Waals surface area contributed by atoms with Gasteiger partial charge in [-0.15, -0.1) is 0 Å². The van der Waals surface area contributed by atoms with E-state index in [0.29, 0.717) is 40.0 Å². The van der Waals surface area contributed by atoms with Gasteiger partial charge in [0.2, 0.25) is 0 Å². The number of nitrogen functional groups attached to an aromatic ring is 1. The number of benzene rings is 1. The molecule has 1 amide bonds. The van der Waals surface area contributed by atoms with E-state index in [1.54, 1.807) is 19.4 Å². The minimum absolute atomic E-state index is 0.118. The van der Waals surface area contributed by atoms with Crippen molar-refractivity contribution in [1.29, 1.82) is 5.26 Å². The number of nitrogens with zero attached hydrogens (tertiary/aromatic N) is 4. The number of rotatable bonds is 11. The first-order valence-corrected chi connectivity index (χ1v) is 11.9. The fourth-order valence-corrected chi connectivity index (χ4v) is 4.29. The number of carbonyl (C=O) groups excluding carboxylic acids is 1. The Morgan fingerprint density at radius 2 is 2.11 bits per heavy atom. The molecule has 0 radical (unpaired) electrons. The highest BCUT2D eigenvalue weighted by Crippen LogP contribution is 2.29. The van der Waals surface area contributed by atoms with Crippen LogP contribution in [0.25, 0.3) is 0 Å². The molecule has 0 spiro atoms. The van der Waals surface area contributed by atoms with Crippen LogP contribution in [-0.4, -0.2) is 73.3 Å². The molecule has 1 aliphatic rings. The fraction of sp³-hybridized carbons (Fsp3) is 0.500. The average Bonchev–Trinajstić information content (AvgIpc) is 2.88. The van der Waals surface area contributed by atoms with Crippen LogP contribution in [-0.2, 0) is 11.3 Å². The predicted molar refractivity (Wildman–Crippen MR) is 133 cm³/mol. The van der Waals surface area contributed by atoms with Gasteiger partial charge in [0.15, 0.2) is 5.69 Å². The summed E-state index contributed by atoms with van der Waals surface area (Å²) in [5.74, 6) is 0.116. The summed E-state index contributed by atoms with van der Waals surface area (Å²) in [5, 5.41) is 15.8. The molecule has 3 rings (SSSR count). The van der Waals surface area contributed by atoms with E-state index in [-0.39, 0.29) is 18.1 Å². The zero-order valence-electron chi connectivity index (χ0n) is 20.1. The van der Waals surface area contributed by atoms with Crippen molar-refractivity contribution in [2.45, 2.75) is 38.0 Å². The molecule has 1 aromatic heterocycles. The summed E-state index contributed by atoms with van der Waals surface area (Å²) in [5.41, 5.74) is 7.56. The van der Waals surface area contributed by atoms with Crippen LogP contribution in [0.4, 0.5) is 5.69 Å². The summed E-state index contributed by atoms with van der Waals surface area (Å²) in [6, 6.07) is 5.02. The van der Waals surface area contributed by atoms with Gasteiger partial charge in [0.25, 0.3) is 5.91 Å². The maximum absolute atomic E-state index is 12.9.